The predicted molar refractivity (Wildman–Crippen MR) is 174 cm³/mol. The standard InChI is InChI=1S/C28H27N7O5.2C2H4O2/c1-3-39-25(36)13-15-35(23-6-4-5-14-29-23)27(37)19-9-12-22-21(16-19)31-24(34(22)2)17-30-20-10-7-18(8-11-20)26-32-28(38)40-33-26;2*1-2(3)4/h4-12,14,16,30H,3,13,15,17H2,1-2H3,(H,32,33,38);2*1H3,(H,3,4). The Morgan fingerprint density at radius 2 is 1.71 bits per heavy atom. The lowest BCUT2D eigenvalue weighted by molar-refractivity contribution is -0.143. The molecule has 0 spiro atoms. The predicted octanol–water partition coefficient (Wildman–Crippen LogP) is 3.71. The van der Waals surface area contributed by atoms with Crippen LogP contribution >= 0.6 is 0 Å². The van der Waals surface area contributed by atoms with E-state index in [1.54, 1.807) is 43.5 Å². The topological polar surface area (TPSA) is 223 Å². The molecule has 0 radical (unpaired) electrons. The van der Waals surface area contributed by atoms with Gasteiger partial charge in [-0.05, 0) is 61.5 Å². The molecule has 5 aromatic rings. The Hall–Kier alpha value is -6.32. The molecule has 0 saturated carbocycles. The first-order chi connectivity index (χ1) is 22.9. The molecule has 16 nitrogen and oxygen atoms in total. The molecule has 0 unspecified atom stereocenters. The van der Waals surface area contributed by atoms with E-state index in [0.29, 0.717) is 29.3 Å². The number of carboxylic acid groups (broad SMARTS) is 2. The van der Waals surface area contributed by atoms with Gasteiger partial charge in [0.15, 0.2) is 5.82 Å². The molecule has 1 amide bonds. The zero-order valence-corrected chi connectivity index (χ0v) is 26.7. The highest BCUT2D eigenvalue weighted by Crippen LogP contribution is 2.22. The van der Waals surface area contributed by atoms with Gasteiger partial charge < -0.3 is 24.8 Å². The van der Waals surface area contributed by atoms with Crippen LogP contribution in [0.4, 0.5) is 11.5 Å². The quantitative estimate of drug-likeness (QED) is 0.157. The minimum atomic E-state index is -0.833. The van der Waals surface area contributed by atoms with Crippen LogP contribution in [0.15, 0.2) is 76.2 Å². The molecule has 4 N–H and O–H groups in total. The van der Waals surface area contributed by atoms with E-state index in [-0.39, 0.29) is 31.4 Å². The Morgan fingerprint density at radius 3 is 2.29 bits per heavy atom. The number of amides is 1. The first kappa shape index (κ1) is 36.2. The highest BCUT2D eigenvalue weighted by molar-refractivity contribution is 6.07. The molecule has 3 aromatic heterocycles. The molecule has 0 bridgehead atoms. The Morgan fingerprint density at radius 1 is 1.02 bits per heavy atom. The number of carboxylic acids is 2. The SMILES string of the molecule is CC(=O)O.CC(=O)O.CCOC(=O)CCN(C(=O)c1ccc2c(c1)nc(CNc1ccc(-c3noc(=O)[nH]3)cc1)n2C)c1ccccn1. The van der Waals surface area contributed by atoms with Crippen molar-refractivity contribution in [2.24, 2.45) is 7.05 Å². The summed E-state index contributed by atoms with van der Waals surface area (Å²) in [5.74, 6) is -1.36. The van der Waals surface area contributed by atoms with Crippen molar-refractivity contribution < 1.29 is 38.7 Å². The lowest BCUT2D eigenvalue weighted by Crippen LogP contribution is -2.34. The third-order valence-electron chi connectivity index (χ3n) is 6.29. The smallest absolute Gasteiger partial charge is 0.439 e. The van der Waals surface area contributed by atoms with Gasteiger partial charge in [-0.2, -0.15) is 0 Å². The summed E-state index contributed by atoms with van der Waals surface area (Å²) in [6.45, 7) is 4.76. The van der Waals surface area contributed by atoms with E-state index in [2.05, 4.69) is 25.0 Å². The largest absolute Gasteiger partial charge is 0.481 e. The van der Waals surface area contributed by atoms with E-state index in [4.69, 9.17) is 29.5 Å². The van der Waals surface area contributed by atoms with E-state index in [1.165, 1.54) is 4.90 Å². The van der Waals surface area contributed by atoms with Crippen molar-refractivity contribution in [3.05, 3.63) is 88.8 Å². The number of fused-ring (bicyclic) bond motifs is 1. The van der Waals surface area contributed by atoms with Gasteiger partial charge in [-0.3, -0.25) is 33.6 Å². The monoisotopic (exact) mass is 661 g/mol. The number of hydrogen-bond donors (Lipinski definition) is 4. The molecule has 16 heteroatoms. The average molecular weight is 662 g/mol. The van der Waals surface area contributed by atoms with Crippen molar-refractivity contribution in [2.45, 2.75) is 33.7 Å². The number of H-pyrrole nitrogens is 1. The number of carbonyl (C=O) groups is 4. The van der Waals surface area contributed by atoms with Gasteiger partial charge in [-0.25, -0.2) is 14.8 Å². The number of esters is 1. The number of pyridine rings is 1. The van der Waals surface area contributed by atoms with Crippen LogP contribution in [0.25, 0.3) is 22.4 Å². The van der Waals surface area contributed by atoms with Crippen LogP contribution in [-0.2, 0) is 32.7 Å². The maximum atomic E-state index is 13.6. The van der Waals surface area contributed by atoms with Gasteiger partial charge in [0, 0.05) is 50.5 Å². The number of rotatable bonds is 10. The maximum Gasteiger partial charge on any atom is 0.439 e. The van der Waals surface area contributed by atoms with Crippen LogP contribution in [-0.4, -0.2) is 71.9 Å². The molecule has 5 rings (SSSR count). The third kappa shape index (κ3) is 10.6. The number of benzene rings is 2. The second-order valence-corrected chi connectivity index (χ2v) is 9.90. The molecule has 48 heavy (non-hydrogen) atoms. The maximum absolute atomic E-state index is 13.6. The van der Waals surface area contributed by atoms with Crippen molar-refractivity contribution in [1.29, 1.82) is 0 Å². The molecule has 0 aliphatic carbocycles. The first-order valence-corrected chi connectivity index (χ1v) is 14.5. The van der Waals surface area contributed by atoms with Gasteiger partial charge in [0.25, 0.3) is 17.8 Å². The average Bonchev–Trinajstić information content (AvgIpc) is 3.62. The van der Waals surface area contributed by atoms with Crippen molar-refractivity contribution in [3.63, 3.8) is 0 Å². The first-order valence-electron chi connectivity index (χ1n) is 14.5. The van der Waals surface area contributed by atoms with E-state index >= 15 is 0 Å². The Kier molecular flexibility index (Phi) is 13.1. The third-order valence-corrected chi connectivity index (χ3v) is 6.29. The van der Waals surface area contributed by atoms with Crippen molar-refractivity contribution >= 4 is 46.4 Å². The van der Waals surface area contributed by atoms with Gasteiger partial charge in [-0.1, -0.05) is 11.2 Å². The number of aliphatic carboxylic acids is 2. The lowest BCUT2D eigenvalue weighted by Gasteiger charge is -2.21. The number of imidazole rings is 1. The van der Waals surface area contributed by atoms with E-state index in [0.717, 1.165) is 36.4 Å². The van der Waals surface area contributed by atoms with Crippen molar-refractivity contribution in [3.8, 4) is 11.4 Å². The van der Waals surface area contributed by atoms with Crippen molar-refractivity contribution in [1.82, 2.24) is 24.7 Å². The summed E-state index contributed by atoms with van der Waals surface area (Å²) in [6, 6.07) is 18.0. The van der Waals surface area contributed by atoms with Crippen LogP contribution in [0, 0.1) is 0 Å². The summed E-state index contributed by atoms with van der Waals surface area (Å²) in [7, 11) is 1.91. The molecule has 3 heterocycles. The number of carbonyl (C=O) groups excluding carboxylic acids is 2. The summed E-state index contributed by atoms with van der Waals surface area (Å²) in [4.78, 5) is 67.8. The fraction of sp³-hybridized carbons (Fsp3) is 0.250. The van der Waals surface area contributed by atoms with E-state index in [1.807, 2.05) is 41.9 Å². The van der Waals surface area contributed by atoms with E-state index < -0.39 is 17.7 Å². The zero-order chi connectivity index (χ0) is 35.2. The van der Waals surface area contributed by atoms with Gasteiger partial charge in [-0.15, -0.1) is 0 Å². The number of aryl methyl sites for hydroxylation is 1. The number of aromatic nitrogens is 5. The normalized spacial score (nSPS) is 10.2. The molecule has 0 fully saturated rings. The van der Waals surface area contributed by atoms with E-state index in [9.17, 15) is 14.4 Å². The zero-order valence-electron chi connectivity index (χ0n) is 26.7. The van der Waals surface area contributed by atoms with Gasteiger partial charge >= 0.3 is 11.7 Å². The van der Waals surface area contributed by atoms with Crippen LogP contribution in [0.1, 0.15) is 43.4 Å². The van der Waals surface area contributed by atoms with Gasteiger partial charge in [0.05, 0.1) is 30.6 Å². The highest BCUT2D eigenvalue weighted by atomic mass is 16.5. The number of anilines is 2. The Labute approximate surface area is 274 Å². The molecule has 0 atom stereocenters. The van der Waals surface area contributed by atoms with Crippen LogP contribution in [0.5, 0.6) is 0 Å². The Balaban J connectivity index is 0.000000705. The Bertz CT molecular complexity index is 1880. The van der Waals surface area contributed by atoms with Gasteiger partial charge in [0.1, 0.15) is 11.6 Å². The number of nitrogens with one attached hydrogen (secondary N) is 2. The van der Waals surface area contributed by atoms with Crippen LogP contribution < -0.4 is 16.0 Å². The minimum Gasteiger partial charge on any atom is -0.481 e. The number of hydrogen-bond acceptors (Lipinski definition) is 11. The summed E-state index contributed by atoms with van der Waals surface area (Å²) in [6.07, 6.45) is 1.65. The second-order valence-electron chi connectivity index (χ2n) is 9.90. The molecule has 2 aromatic carbocycles. The molecule has 0 saturated heterocycles. The highest BCUT2D eigenvalue weighted by Gasteiger charge is 2.21. The number of aromatic amines is 1. The van der Waals surface area contributed by atoms with Gasteiger partial charge in [0.2, 0.25) is 0 Å². The molecule has 252 valence electrons. The lowest BCUT2D eigenvalue weighted by atomic mass is 10.1. The number of ether oxygens (including phenoxy) is 1. The minimum absolute atomic E-state index is 0.0509. The fourth-order valence-electron chi connectivity index (χ4n) is 4.25. The second kappa shape index (κ2) is 17.4. The molecule has 0 aliphatic rings. The summed E-state index contributed by atoms with van der Waals surface area (Å²) >= 11 is 0. The number of nitrogens with zero attached hydrogens (tertiary/aromatic N) is 5. The van der Waals surface area contributed by atoms with Crippen LogP contribution in [0.3, 0.4) is 0 Å². The summed E-state index contributed by atoms with van der Waals surface area (Å²) in [5.41, 5.74) is 3.54. The molecular weight excluding hydrogens is 626 g/mol. The molecular formula is C32H35N7O9. The van der Waals surface area contributed by atoms with Crippen LogP contribution in [0.2, 0.25) is 0 Å². The summed E-state index contributed by atoms with van der Waals surface area (Å²) in [5, 5.41) is 21.9. The fourth-order valence-corrected chi connectivity index (χ4v) is 4.25. The molecule has 0 aliphatic heterocycles. The summed E-state index contributed by atoms with van der Waals surface area (Å²) < 4.78 is 11.5. The van der Waals surface area contributed by atoms with Crippen molar-refractivity contribution in [2.75, 3.05) is 23.4 Å².